The number of hydrogen-bond donors (Lipinski definition) is 0. The van der Waals surface area contributed by atoms with Crippen LogP contribution in [0.25, 0.3) is 82.1 Å². The van der Waals surface area contributed by atoms with Crippen LogP contribution in [0.1, 0.15) is 0 Å². The Hall–Kier alpha value is -7.42. The summed E-state index contributed by atoms with van der Waals surface area (Å²) in [7, 11) is 0. The highest BCUT2D eigenvalue weighted by Gasteiger charge is 2.18. The van der Waals surface area contributed by atoms with E-state index in [9.17, 15) is 0 Å². The van der Waals surface area contributed by atoms with Crippen LogP contribution in [-0.2, 0) is 0 Å². The molecular formula is C54H36N2. The van der Waals surface area contributed by atoms with Crippen molar-refractivity contribution in [2.45, 2.75) is 0 Å². The van der Waals surface area contributed by atoms with Gasteiger partial charge in [0.15, 0.2) is 0 Å². The molecule has 0 radical (unpaired) electrons. The quantitative estimate of drug-likeness (QED) is 0.156. The zero-order chi connectivity index (χ0) is 37.0. The van der Waals surface area contributed by atoms with E-state index in [0.717, 1.165) is 17.1 Å². The van der Waals surface area contributed by atoms with Gasteiger partial charge in [0.25, 0.3) is 0 Å². The summed E-state index contributed by atoms with van der Waals surface area (Å²) in [5, 5.41) is 9.98. The lowest BCUT2D eigenvalue weighted by Gasteiger charge is -2.27. The van der Waals surface area contributed by atoms with Crippen molar-refractivity contribution in [3.8, 4) is 27.9 Å². The van der Waals surface area contributed by atoms with Crippen molar-refractivity contribution in [2.24, 2.45) is 0 Å². The molecule has 0 N–H and O–H groups in total. The smallest absolute Gasteiger partial charge is 0.0541 e. The van der Waals surface area contributed by atoms with Crippen molar-refractivity contribution in [1.82, 2.24) is 4.57 Å². The Balaban J connectivity index is 1.01. The number of rotatable bonds is 6. The molecule has 56 heavy (non-hydrogen) atoms. The SMILES string of the molecule is c1cc(-c2ccc(N(c3ccc4c(ccc5ccccc54)c3)c3cccc4ccccc34)cc2)cc(-c2ccccc2-n2c3ccccc3c3ccccc32)c1. The zero-order valence-corrected chi connectivity index (χ0v) is 30.7. The average Bonchev–Trinajstić information content (AvgIpc) is 3.61. The second kappa shape index (κ2) is 13.2. The van der Waals surface area contributed by atoms with Crippen LogP contribution in [0, 0.1) is 0 Å². The monoisotopic (exact) mass is 712 g/mol. The number of benzene rings is 10. The highest BCUT2D eigenvalue weighted by atomic mass is 15.1. The molecule has 262 valence electrons. The van der Waals surface area contributed by atoms with Crippen LogP contribution in [0.3, 0.4) is 0 Å². The van der Waals surface area contributed by atoms with Gasteiger partial charge >= 0.3 is 0 Å². The molecule has 0 aliphatic rings. The largest absolute Gasteiger partial charge is 0.310 e. The van der Waals surface area contributed by atoms with Crippen LogP contribution in [0.2, 0.25) is 0 Å². The Kier molecular flexibility index (Phi) is 7.53. The molecule has 2 heteroatoms. The minimum Gasteiger partial charge on any atom is -0.310 e. The molecule has 0 fully saturated rings. The maximum atomic E-state index is 2.42. The summed E-state index contributed by atoms with van der Waals surface area (Å²) in [6, 6.07) is 79.5. The van der Waals surface area contributed by atoms with E-state index in [-0.39, 0.29) is 0 Å². The molecule has 0 saturated heterocycles. The standard InChI is InChI=1S/C54H36N2/c1-3-18-45-39(14-1)27-28-42-36-44(33-34-46(42)45)55(51-26-12-15-38-13-2-4-19-47(38)51)43-31-29-37(30-32-43)40-16-11-17-41(35-40)48-20-5-8-23-52(48)56-53-24-9-6-21-49(53)50-22-7-10-25-54(50)56/h1-36H. The summed E-state index contributed by atoms with van der Waals surface area (Å²) < 4.78 is 2.42. The molecule has 0 atom stereocenters. The molecule has 0 spiro atoms. The van der Waals surface area contributed by atoms with Crippen molar-refractivity contribution in [3.05, 3.63) is 218 Å². The summed E-state index contributed by atoms with van der Waals surface area (Å²) in [5.41, 5.74) is 11.7. The summed E-state index contributed by atoms with van der Waals surface area (Å²) >= 11 is 0. The van der Waals surface area contributed by atoms with Crippen LogP contribution < -0.4 is 4.90 Å². The minimum atomic E-state index is 1.11. The van der Waals surface area contributed by atoms with Gasteiger partial charge in [-0.3, -0.25) is 0 Å². The van der Waals surface area contributed by atoms with Crippen molar-refractivity contribution < 1.29 is 0 Å². The predicted molar refractivity (Wildman–Crippen MR) is 239 cm³/mol. The third-order valence-corrected chi connectivity index (χ3v) is 11.4. The lowest BCUT2D eigenvalue weighted by Crippen LogP contribution is -2.10. The molecular weight excluding hydrogens is 677 g/mol. The van der Waals surface area contributed by atoms with Crippen molar-refractivity contribution in [1.29, 1.82) is 0 Å². The molecule has 11 aromatic rings. The maximum absolute atomic E-state index is 2.42. The van der Waals surface area contributed by atoms with Crippen molar-refractivity contribution in [3.63, 3.8) is 0 Å². The van der Waals surface area contributed by atoms with Gasteiger partial charge in [-0.05, 0) is 98.2 Å². The van der Waals surface area contributed by atoms with E-state index in [4.69, 9.17) is 0 Å². The lowest BCUT2D eigenvalue weighted by molar-refractivity contribution is 1.18. The zero-order valence-electron chi connectivity index (χ0n) is 30.7. The molecule has 1 aromatic heterocycles. The number of aromatic nitrogens is 1. The summed E-state index contributed by atoms with van der Waals surface area (Å²) in [6.07, 6.45) is 0. The van der Waals surface area contributed by atoms with Gasteiger partial charge in [0.2, 0.25) is 0 Å². The molecule has 0 bridgehead atoms. The van der Waals surface area contributed by atoms with Crippen LogP contribution >= 0.6 is 0 Å². The van der Waals surface area contributed by atoms with Crippen LogP contribution in [0.4, 0.5) is 17.1 Å². The van der Waals surface area contributed by atoms with E-state index in [2.05, 4.69) is 228 Å². The third-order valence-electron chi connectivity index (χ3n) is 11.4. The Labute approximate surface area is 325 Å². The van der Waals surface area contributed by atoms with E-state index >= 15 is 0 Å². The second-order valence-corrected chi connectivity index (χ2v) is 14.5. The highest BCUT2D eigenvalue weighted by Crippen LogP contribution is 2.42. The molecule has 0 unspecified atom stereocenters. The highest BCUT2D eigenvalue weighted by molar-refractivity contribution is 6.11. The first kappa shape index (κ1) is 32.0. The predicted octanol–water partition coefficient (Wildman–Crippen LogP) is 15.0. The third kappa shape index (κ3) is 5.26. The van der Waals surface area contributed by atoms with Gasteiger partial charge in [-0.15, -0.1) is 0 Å². The number of nitrogens with zero attached hydrogens (tertiary/aromatic N) is 2. The van der Waals surface area contributed by atoms with Gasteiger partial charge < -0.3 is 9.47 Å². The number of para-hydroxylation sites is 3. The summed E-state index contributed by atoms with van der Waals surface area (Å²) in [4.78, 5) is 2.40. The maximum Gasteiger partial charge on any atom is 0.0541 e. The lowest BCUT2D eigenvalue weighted by atomic mass is 9.97. The van der Waals surface area contributed by atoms with E-state index in [1.807, 2.05) is 0 Å². The summed E-state index contributed by atoms with van der Waals surface area (Å²) in [6.45, 7) is 0. The van der Waals surface area contributed by atoms with Crippen LogP contribution in [0.5, 0.6) is 0 Å². The first-order valence-electron chi connectivity index (χ1n) is 19.3. The minimum absolute atomic E-state index is 1.11. The average molecular weight is 713 g/mol. The van der Waals surface area contributed by atoms with Gasteiger partial charge in [0, 0.05) is 33.1 Å². The van der Waals surface area contributed by atoms with E-state index < -0.39 is 0 Å². The topological polar surface area (TPSA) is 8.17 Å². The van der Waals surface area contributed by atoms with E-state index in [1.54, 1.807) is 0 Å². The molecule has 0 aliphatic heterocycles. The first-order chi connectivity index (χ1) is 27.8. The van der Waals surface area contributed by atoms with E-state index in [1.165, 1.54) is 82.1 Å². The fraction of sp³-hybridized carbons (Fsp3) is 0. The Morgan fingerprint density at radius 1 is 0.304 bits per heavy atom. The molecule has 2 nitrogen and oxygen atoms in total. The molecule has 0 aliphatic carbocycles. The van der Waals surface area contributed by atoms with Gasteiger partial charge in [0.1, 0.15) is 0 Å². The fourth-order valence-corrected chi connectivity index (χ4v) is 8.73. The van der Waals surface area contributed by atoms with Gasteiger partial charge in [-0.25, -0.2) is 0 Å². The van der Waals surface area contributed by atoms with Crippen molar-refractivity contribution in [2.75, 3.05) is 4.90 Å². The Morgan fingerprint density at radius 2 is 0.857 bits per heavy atom. The molecule has 0 saturated carbocycles. The molecule has 10 aromatic carbocycles. The van der Waals surface area contributed by atoms with Crippen LogP contribution in [0.15, 0.2) is 218 Å². The fourth-order valence-electron chi connectivity index (χ4n) is 8.73. The second-order valence-electron chi connectivity index (χ2n) is 14.5. The Bertz CT molecular complexity index is 3200. The van der Waals surface area contributed by atoms with Gasteiger partial charge in [0.05, 0.1) is 22.4 Å². The molecule has 0 amide bonds. The normalized spacial score (nSPS) is 11.6. The van der Waals surface area contributed by atoms with E-state index in [0.29, 0.717) is 0 Å². The number of anilines is 3. The van der Waals surface area contributed by atoms with Crippen LogP contribution in [-0.4, -0.2) is 4.57 Å². The first-order valence-corrected chi connectivity index (χ1v) is 19.3. The van der Waals surface area contributed by atoms with Crippen molar-refractivity contribution >= 4 is 71.2 Å². The number of hydrogen-bond acceptors (Lipinski definition) is 1. The summed E-state index contributed by atoms with van der Waals surface area (Å²) in [5.74, 6) is 0. The van der Waals surface area contributed by atoms with Gasteiger partial charge in [-0.2, -0.15) is 0 Å². The molecule has 1 heterocycles. The number of fused-ring (bicyclic) bond motifs is 7. The Morgan fingerprint density at radius 3 is 1.64 bits per heavy atom. The molecule has 11 rings (SSSR count). The van der Waals surface area contributed by atoms with Gasteiger partial charge in [-0.1, -0.05) is 164 Å².